The van der Waals surface area contributed by atoms with Gasteiger partial charge in [-0.25, -0.2) is 4.79 Å². The molecule has 1 aromatic carbocycles. The predicted octanol–water partition coefficient (Wildman–Crippen LogP) is 3.46. The highest BCUT2D eigenvalue weighted by atomic mass is 35.5. The number of hydrogen-bond acceptors (Lipinski definition) is 4. The van der Waals surface area contributed by atoms with E-state index in [1.165, 1.54) is 0 Å². The summed E-state index contributed by atoms with van der Waals surface area (Å²) in [5.74, 6) is 0. The van der Waals surface area contributed by atoms with Gasteiger partial charge < -0.3 is 9.47 Å². The molecule has 0 unspecified atom stereocenters. The third-order valence-corrected chi connectivity index (χ3v) is 3.44. The molecule has 5 nitrogen and oxygen atoms in total. The fourth-order valence-electron chi connectivity index (χ4n) is 2.32. The molecule has 1 atom stereocenters. The topological polar surface area (TPSA) is 55.8 Å². The zero-order valence-electron chi connectivity index (χ0n) is 13.0. The number of rotatable bonds is 2. The largest absolute Gasteiger partial charge is 0.444 e. The van der Waals surface area contributed by atoms with Gasteiger partial charge in [0.25, 0.3) is 0 Å². The van der Waals surface area contributed by atoms with Crippen molar-refractivity contribution in [3.05, 3.63) is 34.3 Å². The Balaban J connectivity index is 2.28. The smallest absolute Gasteiger partial charge is 0.410 e. The highest BCUT2D eigenvalue weighted by molar-refractivity contribution is 6.30. The highest BCUT2D eigenvalue weighted by Gasteiger charge is 2.32. The first-order chi connectivity index (χ1) is 10.3. The summed E-state index contributed by atoms with van der Waals surface area (Å²) in [6, 6.07) is 4.72. The predicted molar refractivity (Wildman–Crippen MR) is 83.3 cm³/mol. The van der Waals surface area contributed by atoms with Crippen molar-refractivity contribution in [2.45, 2.75) is 32.4 Å². The van der Waals surface area contributed by atoms with E-state index in [4.69, 9.17) is 21.1 Å². The van der Waals surface area contributed by atoms with E-state index in [0.29, 0.717) is 30.3 Å². The summed E-state index contributed by atoms with van der Waals surface area (Å²) in [7, 11) is 0. The van der Waals surface area contributed by atoms with Crippen molar-refractivity contribution in [2.75, 3.05) is 19.8 Å². The summed E-state index contributed by atoms with van der Waals surface area (Å²) in [6.07, 6.45) is 0.338. The van der Waals surface area contributed by atoms with Gasteiger partial charge in [0.2, 0.25) is 0 Å². The van der Waals surface area contributed by atoms with Crippen molar-refractivity contribution in [1.82, 2.24) is 4.90 Å². The zero-order chi connectivity index (χ0) is 16.3. The third-order valence-electron chi connectivity index (χ3n) is 3.22. The molecule has 0 bridgehead atoms. The Morgan fingerprint density at radius 3 is 2.77 bits per heavy atom. The van der Waals surface area contributed by atoms with Gasteiger partial charge in [0.05, 0.1) is 19.3 Å². The average Bonchev–Trinajstić information content (AvgIpc) is 2.44. The van der Waals surface area contributed by atoms with Gasteiger partial charge >= 0.3 is 6.09 Å². The third kappa shape index (κ3) is 4.21. The van der Waals surface area contributed by atoms with Crippen LogP contribution in [0.1, 0.15) is 42.7 Å². The van der Waals surface area contributed by atoms with E-state index in [-0.39, 0.29) is 6.04 Å². The normalized spacial score (nSPS) is 18.9. The van der Waals surface area contributed by atoms with Crippen molar-refractivity contribution in [1.29, 1.82) is 0 Å². The molecule has 1 aliphatic heterocycles. The number of hydrogen-bond donors (Lipinski definition) is 0. The number of carbonyl (C=O) groups is 2. The minimum Gasteiger partial charge on any atom is -0.444 e. The Hall–Kier alpha value is -1.59. The number of carbonyl (C=O) groups excluding carboxylic acids is 2. The average molecular weight is 326 g/mol. The van der Waals surface area contributed by atoms with Gasteiger partial charge in [-0.3, -0.25) is 9.69 Å². The second kappa shape index (κ2) is 6.67. The minimum atomic E-state index is -0.567. The second-order valence-corrected chi connectivity index (χ2v) is 6.64. The Kier molecular flexibility index (Phi) is 5.08. The van der Waals surface area contributed by atoms with Crippen molar-refractivity contribution >= 4 is 24.0 Å². The van der Waals surface area contributed by atoms with Crippen LogP contribution in [0.2, 0.25) is 5.02 Å². The monoisotopic (exact) mass is 325 g/mol. The van der Waals surface area contributed by atoms with Crippen molar-refractivity contribution in [2.24, 2.45) is 0 Å². The Bertz CT molecular complexity index is 568. The standard InChI is InChI=1S/C16H20ClNO4/c1-16(2,3)22-15(20)18-4-5-21-10-14(18)12-6-11(9-19)7-13(17)8-12/h6-9,14H,4-5,10H2,1-3H3/t14-/m0/s1. The molecule has 1 amide bonds. The molecule has 0 aromatic heterocycles. The van der Waals surface area contributed by atoms with Crippen LogP contribution in [0.4, 0.5) is 4.79 Å². The van der Waals surface area contributed by atoms with Crippen LogP contribution in [0.5, 0.6) is 0 Å². The molecule has 0 N–H and O–H groups in total. The molecule has 6 heteroatoms. The first-order valence-electron chi connectivity index (χ1n) is 7.13. The molecule has 1 heterocycles. The summed E-state index contributed by atoms with van der Waals surface area (Å²) >= 11 is 6.05. The van der Waals surface area contributed by atoms with E-state index in [1.54, 1.807) is 23.1 Å². The van der Waals surface area contributed by atoms with Crippen LogP contribution >= 0.6 is 11.6 Å². The zero-order valence-corrected chi connectivity index (χ0v) is 13.7. The quantitative estimate of drug-likeness (QED) is 0.781. The first-order valence-corrected chi connectivity index (χ1v) is 7.51. The molecule has 0 aliphatic carbocycles. The molecule has 2 rings (SSSR count). The molecule has 1 aromatic rings. The van der Waals surface area contributed by atoms with Gasteiger partial charge in [0, 0.05) is 17.1 Å². The van der Waals surface area contributed by atoms with E-state index in [0.717, 1.165) is 11.8 Å². The van der Waals surface area contributed by atoms with Crippen LogP contribution in [0, 0.1) is 0 Å². The van der Waals surface area contributed by atoms with Crippen LogP contribution in [-0.2, 0) is 9.47 Å². The molecule has 1 fully saturated rings. The summed E-state index contributed by atoms with van der Waals surface area (Å²) in [5, 5.41) is 0.453. The minimum absolute atomic E-state index is 0.319. The number of aldehydes is 1. The van der Waals surface area contributed by atoms with Gasteiger partial charge in [0.15, 0.2) is 0 Å². The summed E-state index contributed by atoms with van der Waals surface area (Å²) < 4.78 is 10.9. The number of amides is 1. The molecular formula is C16H20ClNO4. The summed E-state index contributed by atoms with van der Waals surface area (Å²) in [6.45, 7) is 6.70. The second-order valence-electron chi connectivity index (χ2n) is 6.20. The summed E-state index contributed by atoms with van der Waals surface area (Å²) in [4.78, 5) is 25.0. The molecule has 1 saturated heterocycles. The molecule has 120 valence electrons. The molecule has 0 radical (unpaired) electrons. The maximum Gasteiger partial charge on any atom is 0.410 e. The molecule has 22 heavy (non-hydrogen) atoms. The lowest BCUT2D eigenvalue weighted by Gasteiger charge is -2.37. The van der Waals surface area contributed by atoms with Crippen LogP contribution in [-0.4, -0.2) is 42.6 Å². The lowest BCUT2D eigenvalue weighted by Crippen LogP contribution is -2.45. The van der Waals surface area contributed by atoms with Crippen LogP contribution in [0.25, 0.3) is 0 Å². The van der Waals surface area contributed by atoms with Gasteiger partial charge in [0.1, 0.15) is 11.9 Å². The number of ether oxygens (including phenoxy) is 2. The lowest BCUT2D eigenvalue weighted by atomic mass is 10.0. The number of nitrogens with zero attached hydrogens (tertiary/aromatic N) is 1. The molecule has 1 aliphatic rings. The first kappa shape index (κ1) is 16.8. The fraction of sp³-hybridized carbons (Fsp3) is 0.500. The van der Waals surface area contributed by atoms with Crippen molar-refractivity contribution in [3.63, 3.8) is 0 Å². The molecule has 0 spiro atoms. The lowest BCUT2D eigenvalue weighted by molar-refractivity contribution is -0.0331. The Morgan fingerprint density at radius 1 is 1.41 bits per heavy atom. The maximum absolute atomic E-state index is 12.4. The van der Waals surface area contributed by atoms with Crippen LogP contribution in [0.3, 0.4) is 0 Å². The van der Waals surface area contributed by atoms with Gasteiger partial charge in [-0.1, -0.05) is 11.6 Å². The van der Waals surface area contributed by atoms with Crippen LogP contribution < -0.4 is 0 Å². The van der Waals surface area contributed by atoms with Crippen molar-refractivity contribution in [3.8, 4) is 0 Å². The number of morpholine rings is 1. The number of benzene rings is 1. The maximum atomic E-state index is 12.4. The SMILES string of the molecule is CC(C)(C)OC(=O)N1CCOC[C@H]1c1cc(Cl)cc(C=O)c1. The van der Waals surface area contributed by atoms with E-state index < -0.39 is 11.7 Å². The van der Waals surface area contributed by atoms with E-state index in [9.17, 15) is 9.59 Å². The highest BCUT2D eigenvalue weighted by Crippen LogP contribution is 2.28. The van der Waals surface area contributed by atoms with Gasteiger partial charge in [-0.2, -0.15) is 0 Å². The van der Waals surface area contributed by atoms with E-state index in [1.807, 2.05) is 20.8 Å². The van der Waals surface area contributed by atoms with E-state index >= 15 is 0 Å². The molecular weight excluding hydrogens is 306 g/mol. The number of halogens is 1. The summed E-state index contributed by atoms with van der Waals surface area (Å²) in [5.41, 5.74) is 0.666. The van der Waals surface area contributed by atoms with E-state index in [2.05, 4.69) is 0 Å². The molecule has 0 saturated carbocycles. The Labute approximate surface area is 135 Å². The fourth-order valence-corrected chi connectivity index (χ4v) is 2.57. The van der Waals surface area contributed by atoms with Crippen molar-refractivity contribution < 1.29 is 19.1 Å². The van der Waals surface area contributed by atoms with Gasteiger partial charge in [-0.05, 0) is 44.5 Å². The van der Waals surface area contributed by atoms with Crippen LogP contribution in [0.15, 0.2) is 18.2 Å². The Morgan fingerprint density at radius 2 is 2.14 bits per heavy atom. The van der Waals surface area contributed by atoms with Gasteiger partial charge in [-0.15, -0.1) is 0 Å².